The van der Waals surface area contributed by atoms with Gasteiger partial charge in [0.2, 0.25) is 0 Å². The van der Waals surface area contributed by atoms with Crippen LogP contribution in [-0.2, 0) is 33.3 Å². The van der Waals surface area contributed by atoms with E-state index in [0.29, 0.717) is 12.8 Å². The fraction of sp³-hybridized carbons (Fsp3) is 0.804. The van der Waals surface area contributed by atoms with E-state index in [0.717, 1.165) is 83.5 Å². The molecular formula is C46H80O11. The zero-order valence-electron chi connectivity index (χ0n) is 35.6. The average molecular weight is 809 g/mol. The molecule has 6 atom stereocenters. The maximum absolute atomic E-state index is 12.8. The first-order valence-electron chi connectivity index (χ1n) is 22.5. The molecule has 0 aromatic heterocycles. The summed E-state index contributed by atoms with van der Waals surface area (Å²) < 4.78 is 21.7. The number of carbonyl (C=O) groups excluding carboxylic acids is 2. The summed E-state index contributed by atoms with van der Waals surface area (Å²) >= 11 is 0. The lowest BCUT2D eigenvalue weighted by Crippen LogP contribution is -2.60. The highest BCUT2D eigenvalue weighted by molar-refractivity contribution is 5.73. The van der Waals surface area contributed by atoms with E-state index in [2.05, 4.69) is 50.3 Å². The van der Waals surface area contributed by atoms with E-state index in [1.165, 1.54) is 64.2 Å². The first-order valence-corrected chi connectivity index (χ1v) is 22.5. The van der Waals surface area contributed by atoms with Crippen molar-refractivity contribution in [1.82, 2.24) is 0 Å². The predicted molar refractivity (Wildman–Crippen MR) is 225 cm³/mol. The molecule has 1 aliphatic heterocycles. The van der Waals surface area contributed by atoms with Gasteiger partial charge in [0.25, 0.3) is 0 Å². The average Bonchev–Trinajstić information content (AvgIpc) is 3.19. The molecule has 57 heavy (non-hydrogen) atoms. The van der Waals surface area contributed by atoms with Crippen molar-refractivity contribution in [1.29, 1.82) is 0 Å². The van der Waals surface area contributed by atoms with Crippen LogP contribution in [0.3, 0.4) is 0 Å². The SMILES string of the molecule is CCCCCC/C=C\C/C=C\CCCCCCCC(=O)OCC(COC1OC(C(=O)O)C(O)C(O)C1O)OC(=O)CCCCCCC/C=C\CCCCCCCC. The minimum Gasteiger partial charge on any atom is -0.479 e. The third kappa shape index (κ3) is 28.5. The van der Waals surface area contributed by atoms with Crippen molar-refractivity contribution >= 4 is 17.9 Å². The number of allylic oxidation sites excluding steroid dienone is 6. The number of esters is 2. The topological polar surface area (TPSA) is 169 Å². The van der Waals surface area contributed by atoms with Gasteiger partial charge < -0.3 is 39.4 Å². The Hall–Kier alpha value is -2.57. The fourth-order valence-electron chi connectivity index (χ4n) is 6.61. The van der Waals surface area contributed by atoms with Gasteiger partial charge in [0, 0.05) is 12.8 Å². The summed E-state index contributed by atoms with van der Waals surface area (Å²) in [7, 11) is 0. The molecule has 0 aromatic rings. The molecule has 1 rings (SSSR count). The summed E-state index contributed by atoms with van der Waals surface area (Å²) in [6.07, 6.45) is 31.9. The van der Waals surface area contributed by atoms with Crippen LogP contribution >= 0.6 is 0 Å². The molecule has 0 bridgehead atoms. The van der Waals surface area contributed by atoms with Crippen molar-refractivity contribution in [3.05, 3.63) is 36.5 Å². The van der Waals surface area contributed by atoms with E-state index in [4.69, 9.17) is 18.9 Å². The van der Waals surface area contributed by atoms with E-state index in [1.807, 2.05) is 0 Å². The van der Waals surface area contributed by atoms with Crippen LogP contribution in [0.1, 0.15) is 187 Å². The monoisotopic (exact) mass is 809 g/mol. The first kappa shape index (κ1) is 52.4. The number of ether oxygens (including phenoxy) is 4. The van der Waals surface area contributed by atoms with E-state index in [-0.39, 0.29) is 19.4 Å². The summed E-state index contributed by atoms with van der Waals surface area (Å²) in [6, 6.07) is 0. The summed E-state index contributed by atoms with van der Waals surface area (Å²) in [5, 5.41) is 39.8. The highest BCUT2D eigenvalue weighted by Gasteiger charge is 2.47. The maximum atomic E-state index is 12.8. The van der Waals surface area contributed by atoms with Gasteiger partial charge >= 0.3 is 17.9 Å². The highest BCUT2D eigenvalue weighted by atomic mass is 16.7. The van der Waals surface area contributed by atoms with Crippen LogP contribution in [0, 0.1) is 0 Å². The molecule has 0 saturated carbocycles. The summed E-state index contributed by atoms with van der Waals surface area (Å²) in [4.78, 5) is 36.8. The number of carbonyl (C=O) groups is 3. The van der Waals surface area contributed by atoms with E-state index in [1.54, 1.807) is 0 Å². The molecule has 6 unspecified atom stereocenters. The van der Waals surface area contributed by atoms with Crippen LogP contribution in [0.4, 0.5) is 0 Å². The Morgan fingerprint density at radius 2 is 0.982 bits per heavy atom. The number of hydrogen-bond acceptors (Lipinski definition) is 10. The Balaban J connectivity index is 2.39. The van der Waals surface area contributed by atoms with Gasteiger partial charge in [-0.1, -0.05) is 140 Å². The standard InChI is InChI=1S/C46H80O11/c1-3-5-7-9-11-13-15-17-19-21-22-24-26-28-30-32-34-39(47)54-36-38(37-55-46-43(51)41(49)42(50)44(57-46)45(52)53)56-40(48)35-33-31-29-27-25-23-20-18-16-14-12-10-8-6-4-2/h13,15,18-21,38,41-44,46,49-51H,3-12,14,16-17,22-37H2,1-2H3,(H,52,53)/b15-13-,20-18-,21-19-. The molecule has 1 aliphatic rings. The Kier molecular flexibility index (Phi) is 33.6. The molecule has 330 valence electrons. The Morgan fingerprint density at radius 3 is 1.49 bits per heavy atom. The zero-order chi connectivity index (χ0) is 41.8. The number of hydrogen-bond donors (Lipinski definition) is 4. The number of aliphatic hydroxyl groups excluding tert-OH is 3. The van der Waals surface area contributed by atoms with Gasteiger partial charge in [-0.25, -0.2) is 4.79 Å². The van der Waals surface area contributed by atoms with Crippen LogP contribution in [0.2, 0.25) is 0 Å². The third-order valence-electron chi connectivity index (χ3n) is 10.2. The van der Waals surface area contributed by atoms with Gasteiger partial charge in [0.05, 0.1) is 6.61 Å². The second-order valence-corrected chi connectivity index (χ2v) is 15.5. The molecule has 11 heteroatoms. The van der Waals surface area contributed by atoms with Gasteiger partial charge in [-0.3, -0.25) is 9.59 Å². The van der Waals surface area contributed by atoms with Gasteiger partial charge in [-0.15, -0.1) is 0 Å². The number of unbranched alkanes of at least 4 members (excludes halogenated alkanes) is 20. The van der Waals surface area contributed by atoms with Crippen LogP contribution < -0.4 is 0 Å². The molecule has 1 saturated heterocycles. The normalized spacial score (nSPS) is 20.5. The van der Waals surface area contributed by atoms with Crippen LogP contribution in [-0.4, -0.2) is 88.4 Å². The zero-order valence-corrected chi connectivity index (χ0v) is 35.6. The van der Waals surface area contributed by atoms with E-state index in [9.17, 15) is 34.8 Å². The molecule has 0 aromatic carbocycles. The van der Waals surface area contributed by atoms with Crippen molar-refractivity contribution in [3.8, 4) is 0 Å². The third-order valence-corrected chi connectivity index (χ3v) is 10.2. The van der Waals surface area contributed by atoms with Crippen LogP contribution in [0.25, 0.3) is 0 Å². The van der Waals surface area contributed by atoms with Crippen molar-refractivity contribution < 1.29 is 53.8 Å². The van der Waals surface area contributed by atoms with Gasteiger partial charge in [-0.2, -0.15) is 0 Å². The summed E-state index contributed by atoms with van der Waals surface area (Å²) in [5.41, 5.74) is 0. The lowest BCUT2D eigenvalue weighted by Gasteiger charge is -2.38. The maximum Gasteiger partial charge on any atom is 0.335 e. The van der Waals surface area contributed by atoms with Crippen molar-refractivity contribution in [2.75, 3.05) is 13.2 Å². The number of aliphatic hydroxyl groups is 3. The molecular weight excluding hydrogens is 728 g/mol. The second-order valence-electron chi connectivity index (χ2n) is 15.5. The molecule has 0 radical (unpaired) electrons. The van der Waals surface area contributed by atoms with Crippen molar-refractivity contribution in [2.45, 2.75) is 224 Å². The molecule has 11 nitrogen and oxygen atoms in total. The molecule has 0 aliphatic carbocycles. The van der Waals surface area contributed by atoms with E-state index >= 15 is 0 Å². The molecule has 4 N–H and O–H groups in total. The van der Waals surface area contributed by atoms with Crippen LogP contribution in [0.15, 0.2) is 36.5 Å². The number of rotatable bonds is 37. The smallest absolute Gasteiger partial charge is 0.335 e. The number of carboxylic acids is 1. The Bertz CT molecular complexity index is 1090. The molecule has 0 amide bonds. The largest absolute Gasteiger partial charge is 0.479 e. The van der Waals surface area contributed by atoms with Crippen LogP contribution in [0.5, 0.6) is 0 Å². The van der Waals surface area contributed by atoms with Gasteiger partial charge in [0.1, 0.15) is 24.9 Å². The van der Waals surface area contributed by atoms with Gasteiger partial charge in [0.15, 0.2) is 18.5 Å². The minimum absolute atomic E-state index is 0.170. The highest BCUT2D eigenvalue weighted by Crippen LogP contribution is 2.23. The molecule has 1 fully saturated rings. The molecule has 0 spiro atoms. The number of aliphatic carboxylic acids is 1. The fourth-order valence-corrected chi connectivity index (χ4v) is 6.61. The summed E-state index contributed by atoms with van der Waals surface area (Å²) in [5.74, 6) is -2.47. The molecule has 1 heterocycles. The predicted octanol–water partition coefficient (Wildman–Crippen LogP) is 9.59. The Morgan fingerprint density at radius 1 is 0.544 bits per heavy atom. The first-order chi connectivity index (χ1) is 27.7. The number of carboxylic acid groups (broad SMARTS) is 1. The van der Waals surface area contributed by atoms with E-state index < -0.39 is 61.3 Å². The lowest BCUT2D eigenvalue weighted by molar-refractivity contribution is -0.298. The van der Waals surface area contributed by atoms with Crippen molar-refractivity contribution in [2.24, 2.45) is 0 Å². The lowest BCUT2D eigenvalue weighted by atomic mass is 9.99. The summed E-state index contributed by atoms with van der Waals surface area (Å²) in [6.45, 7) is 3.77. The van der Waals surface area contributed by atoms with Gasteiger partial charge in [-0.05, 0) is 70.6 Å². The van der Waals surface area contributed by atoms with Crippen molar-refractivity contribution in [3.63, 3.8) is 0 Å². The minimum atomic E-state index is -1.86. The quantitative estimate of drug-likeness (QED) is 0.0268. The second kappa shape index (κ2) is 36.5. The Labute approximate surface area is 344 Å².